The lowest BCUT2D eigenvalue weighted by Crippen LogP contribution is -2.45. The van der Waals surface area contributed by atoms with Gasteiger partial charge in [-0.25, -0.2) is 17.2 Å². The van der Waals surface area contributed by atoms with Crippen LogP contribution in [0.2, 0.25) is 0 Å². The fraction of sp³-hybridized carbons (Fsp3) is 0.588. The van der Waals surface area contributed by atoms with E-state index in [1.54, 1.807) is 4.90 Å². The van der Waals surface area contributed by atoms with Gasteiger partial charge in [-0.1, -0.05) is 13.0 Å². The Balaban J connectivity index is 2.18. The molecule has 0 spiro atoms. The highest BCUT2D eigenvalue weighted by atomic mass is 32.2. The van der Waals surface area contributed by atoms with Gasteiger partial charge in [0.1, 0.15) is 5.69 Å². The van der Waals surface area contributed by atoms with Gasteiger partial charge in [-0.15, -0.1) is 0 Å². The first-order valence-electron chi connectivity index (χ1n) is 8.47. The first-order chi connectivity index (χ1) is 11.8. The summed E-state index contributed by atoms with van der Waals surface area (Å²) in [6.07, 6.45) is 4.51. The van der Waals surface area contributed by atoms with Gasteiger partial charge in [0, 0.05) is 25.6 Å². The molecule has 8 heteroatoms. The summed E-state index contributed by atoms with van der Waals surface area (Å²) in [6, 6.07) is 3.31. The minimum absolute atomic E-state index is 0.114. The molecule has 0 radical (unpaired) electrons. The standard InChI is InChI=1S/C17H24F2N2O3S/c1-3-13-7-4-5-11-20(13)16(22)10-12-21(25(2,23)24)17-14(18)8-6-9-15(17)19/h6,8-9,13H,3-5,7,10-12H2,1-2H3. The summed E-state index contributed by atoms with van der Waals surface area (Å²) in [5.41, 5.74) is -0.636. The van der Waals surface area contributed by atoms with E-state index in [0.29, 0.717) is 10.8 Å². The Bertz CT molecular complexity index is 704. The summed E-state index contributed by atoms with van der Waals surface area (Å²) < 4.78 is 52.6. The first-order valence-corrected chi connectivity index (χ1v) is 10.3. The summed E-state index contributed by atoms with van der Waals surface area (Å²) in [4.78, 5) is 14.3. The molecule has 5 nitrogen and oxygen atoms in total. The number of carbonyl (C=O) groups excluding carboxylic acids is 1. The molecule has 1 fully saturated rings. The number of carbonyl (C=O) groups is 1. The van der Waals surface area contributed by atoms with Crippen LogP contribution in [-0.4, -0.2) is 44.6 Å². The Hall–Kier alpha value is -1.70. The number of nitrogens with zero attached hydrogens (tertiary/aromatic N) is 2. The third kappa shape index (κ3) is 4.68. The lowest BCUT2D eigenvalue weighted by atomic mass is 9.99. The van der Waals surface area contributed by atoms with Gasteiger partial charge in [0.05, 0.1) is 6.26 Å². The van der Waals surface area contributed by atoms with Crippen LogP contribution >= 0.6 is 0 Å². The third-order valence-electron chi connectivity index (χ3n) is 4.53. The van der Waals surface area contributed by atoms with E-state index in [2.05, 4.69) is 0 Å². The van der Waals surface area contributed by atoms with Crippen molar-refractivity contribution in [1.29, 1.82) is 0 Å². The highest BCUT2D eigenvalue weighted by molar-refractivity contribution is 7.92. The van der Waals surface area contributed by atoms with Gasteiger partial charge in [-0.2, -0.15) is 0 Å². The van der Waals surface area contributed by atoms with E-state index in [-0.39, 0.29) is 24.9 Å². The lowest BCUT2D eigenvalue weighted by Gasteiger charge is -2.36. The molecule has 140 valence electrons. The van der Waals surface area contributed by atoms with E-state index in [9.17, 15) is 22.0 Å². The number of rotatable bonds is 6. The van der Waals surface area contributed by atoms with Gasteiger partial charge >= 0.3 is 0 Å². The molecule has 2 rings (SSSR count). The highest BCUT2D eigenvalue weighted by Gasteiger charge is 2.28. The number of hydrogen-bond donors (Lipinski definition) is 0. The summed E-state index contributed by atoms with van der Waals surface area (Å²) in [6.45, 7) is 2.36. The number of amides is 1. The Kier molecular flexibility index (Phi) is 6.37. The molecule has 1 amide bonds. The Labute approximate surface area is 147 Å². The summed E-state index contributed by atoms with van der Waals surface area (Å²) >= 11 is 0. The maximum atomic E-state index is 14.0. The number of anilines is 1. The summed E-state index contributed by atoms with van der Waals surface area (Å²) in [5.74, 6) is -2.12. The zero-order chi connectivity index (χ0) is 18.6. The number of likely N-dealkylation sites (tertiary alicyclic amines) is 1. The van der Waals surface area contributed by atoms with Crippen molar-refractivity contribution in [2.24, 2.45) is 0 Å². The molecule has 0 aromatic heterocycles. The van der Waals surface area contributed by atoms with Crippen molar-refractivity contribution in [3.05, 3.63) is 29.8 Å². The number of halogens is 2. The SMILES string of the molecule is CCC1CCCCN1C(=O)CCN(c1c(F)cccc1F)S(C)(=O)=O. The molecule has 1 aromatic rings. The van der Waals surface area contributed by atoms with Gasteiger partial charge in [-0.05, 0) is 37.8 Å². The minimum atomic E-state index is -3.93. The quantitative estimate of drug-likeness (QED) is 0.769. The molecule has 1 aliphatic rings. The number of sulfonamides is 1. The Morgan fingerprint density at radius 3 is 2.48 bits per heavy atom. The van der Waals surface area contributed by atoms with E-state index >= 15 is 0 Å². The van der Waals surface area contributed by atoms with Gasteiger partial charge in [-0.3, -0.25) is 9.10 Å². The van der Waals surface area contributed by atoms with Crippen molar-refractivity contribution in [3.8, 4) is 0 Å². The van der Waals surface area contributed by atoms with Crippen molar-refractivity contribution < 1.29 is 22.0 Å². The number of benzene rings is 1. The predicted octanol–water partition coefficient (Wildman–Crippen LogP) is 2.91. The van der Waals surface area contributed by atoms with E-state index in [1.165, 1.54) is 6.07 Å². The van der Waals surface area contributed by atoms with E-state index in [1.807, 2.05) is 6.92 Å². The maximum absolute atomic E-state index is 14.0. The van der Waals surface area contributed by atoms with Crippen LogP contribution in [0, 0.1) is 11.6 Å². The van der Waals surface area contributed by atoms with Crippen molar-refractivity contribution >= 4 is 21.6 Å². The van der Waals surface area contributed by atoms with Crippen molar-refractivity contribution in [2.75, 3.05) is 23.7 Å². The average Bonchev–Trinajstić information content (AvgIpc) is 2.56. The largest absolute Gasteiger partial charge is 0.340 e. The first kappa shape index (κ1) is 19.6. The molecular formula is C17H24F2N2O3S. The van der Waals surface area contributed by atoms with Gasteiger partial charge in [0.15, 0.2) is 11.6 Å². The molecule has 1 aromatic carbocycles. The van der Waals surface area contributed by atoms with Crippen LogP contribution in [0.15, 0.2) is 18.2 Å². The van der Waals surface area contributed by atoms with Crippen LogP contribution in [0.25, 0.3) is 0 Å². The third-order valence-corrected chi connectivity index (χ3v) is 5.70. The molecule has 0 N–H and O–H groups in total. The Morgan fingerprint density at radius 2 is 1.92 bits per heavy atom. The van der Waals surface area contributed by atoms with Gasteiger partial charge < -0.3 is 4.90 Å². The summed E-state index contributed by atoms with van der Waals surface area (Å²) in [5, 5.41) is 0. The van der Waals surface area contributed by atoms with Crippen LogP contribution in [0.1, 0.15) is 39.0 Å². The smallest absolute Gasteiger partial charge is 0.232 e. The monoisotopic (exact) mass is 374 g/mol. The molecule has 0 bridgehead atoms. The normalized spacial score (nSPS) is 18.2. The van der Waals surface area contributed by atoms with Crippen LogP contribution in [0.4, 0.5) is 14.5 Å². The van der Waals surface area contributed by atoms with Crippen LogP contribution in [-0.2, 0) is 14.8 Å². The zero-order valence-electron chi connectivity index (χ0n) is 14.5. The molecular weight excluding hydrogens is 350 g/mol. The predicted molar refractivity (Wildman–Crippen MR) is 92.8 cm³/mol. The molecule has 1 saturated heterocycles. The van der Waals surface area contributed by atoms with Crippen LogP contribution in [0.5, 0.6) is 0 Å². The lowest BCUT2D eigenvalue weighted by molar-refractivity contribution is -0.134. The Morgan fingerprint density at radius 1 is 1.28 bits per heavy atom. The molecule has 0 aliphatic carbocycles. The molecule has 25 heavy (non-hydrogen) atoms. The van der Waals surface area contributed by atoms with E-state index < -0.39 is 27.3 Å². The van der Waals surface area contributed by atoms with Crippen LogP contribution < -0.4 is 4.31 Å². The number of para-hydroxylation sites is 1. The molecule has 1 heterocycles. The average molecular weight is 374 g/mol. The van der Waals surface area contributed by atoms with Crippen LogP contribution in [0.3, 0.4) is 0 Å². The van der Waals surface area contributed by atoms with E-state index in [0.717, 1.165) is 44.1 Å². The molecule has 1 unspecified atom stereocenters. The fourth-order valence-corrected chi connectivity index (χ4v) is 4.19. The molecule has 0 saturated carbocycles. The fourth-order valence-electron chi connectivity index (χ4n) is 3.26. The second-order valence-electron chi connectivity index (χ2n) is 6.30. The highest BCUT2D eigenvalue weighted by Crippen LogP contribution is 2.26. The second-order valence-corrected chi connectivity index (χ2v) is 8.21. The zero-order valence-corrected chi connectivity index (χ0v) is 15.4. The molecule has 1 aliphatic heterocycles. The van der Waals surface area contributed by atoms with Crippen molar-refractivity contribution in [3.63, 3.8) is 0 Å². The van der Waals surface area contributed by atoms with Crippen molar-refractivity contribution in [2.45, 2.75) is 45.1 Å². The van der Waals surface area contributed by atoms with Gasteiger partial charge in [0.2, 0.25) is 15.9 Å². The maximum Gasteiger partial charge on any atom is 0.232 e. The van der Waals surface area contributed by atoms with E-state index in [4.69, 9.17) is 0 Å². The van der Waals surface area contributed by atoms with Gasteiger partial charge in [0.25, 0.3) is 0 Å². The topological polar surface area (TPSA) is 57.7 Å². The number of piperidine rings is 1. The molecule has 1 atom stereocenters. The minimum Gasteiger partial charge on any atom is -0.340 e. The number of hydrogen-bond acceptors (Lipinski definition) is 3. The second kappa shape index (κ2) is 8.12. The van der Waals surface area contributed by atoms with Crippen molar-refractivity contribution in [1.82, 2.24) is 4.90 Å². The summed E-state index contributed by atoms with van der Waals surface area (Å²) in [7, 11) is -3.93.